The highest BCUT2D eigenvalue weighted by Gasteiger charge is 2.19. The molecule has 1 aliphatic heterocycles. The fraction of sp³-hybridized carbons (Fsp3) is 0.294. The van der Waals surface area contributed by atoms with Crippen molar-refractivity contribution in [1.82, 2.24) is 19.5 Å². The molecule has 1 aromatic carbocycles. The van der Waals surface area contributed by atoms with Crippen LogP contribution in [0.25, 0.3) is 11.2 Å². The summed E-state index contributed by atoms with van der Waals surface area (Å²) in [6, 6.07) is 3.77. The summed E-state index contributed by atoms with van der Waals surface area (Å²) in [6.45, 7) is 1.29. The number of imidazole rings is 1. The van der Waals surface area contributed by atoms with Crippen LogP contribution in [-0.4, -0.2) is 38.8 Å². The summed E-state index contributed by atoms with van der Waals surface area (Å²) in [4.78, 5) is 12.9. The molecule has 1 fully saturated rings. The number of aromatic nitrogens is 4. The van der Waals surface area contributed by atoms with E-state index in [2.05, 4.69) is 25.6 Å². The Kier molecular flexibility index (Phi) is 4.29. The summed E-state index contributed by atoms with van der Waals surface area (Å²) in [5.41, 5.74) is 0.492. The van der Waals surface area contributed by atoms with Gasteiger partial charge in [0, 0.05) is 13.7 Å². The molecule has 1 atom stereocenters. The van der Waals surface area contributed by atoms with Crippen molar-refractivity contribution in [3.8, 4) is 6.07 Å². The van der Waals surface area contributed by atoms with Gasteiger partial charge in [-0.05, 0) is 18.6 Å². The van der Waals surface area contributed by atoms with Gasteiger partial charge < -0.3 is 15.4 Å². The number of nitriles is 1. The maximum absolute atomic E-state index is 14.1. The Morgan fingerprint density at radius 1 is 1.30 bits per heavy atom. The number of nitrogens with one attached hydrogen (secondary N) is 2. The van der Waals surface area contributed by atoms with Crippen LogP contribution < -0.4 is 10.6 Å². The van der Waals surface area contributed by atoms with Gasteiger partial charge in [-0.1, -0.05) is 0 Å². The van der Waals surface area contributed by atoms with Crippen LogP contribution in [0.1, 0.15) is 12.0 Å². The molecule has 0 saturated carbocycles. The Bertz CT molecular complexity index is 1030. The second-order valence-corrected chi connectivity index (χ2v) is 6.15. The van der Waals surface area contributed by atoms with E-state index in [1.54, 1.807) is 17.7 Å². The van der Waals surface area contributed by atoms with Crippen LogP contribution in [0.4, 0.5) is 26.4 Å². The minimum atomic E-state index is -0.881. The highest BCUT2D eigenvalue weighted by atomic mass is 19.1. The topological polar surface area (TPSA) is 101 Å². The van der Waals surface area contributed by atoms with Gasteiger partial charge in [0.25, 0.3) is 0 Å². The molecule has 0 radical (unpaired) electrons. The molecule has 0 amide bonds. The molecule has 3 heterocycles. The largest absolute Gasteiger partial charge is 0.379 e. The van der Waals surface area contributed by atoms with Gasteiger partial charge in [-0.3, -0.25) is 4.57 Å². The first-order valence-electron chi connectivity index (χ1n) is 8.25. The predicted molar refractivity (Wildman–Crippen MR) is 93.5 cm³/mol. The third kappa shape index (κ3) is 3.24. The molecule has 8 nitrogen and oxygen atoms in total. The first kappa shape index (κ1) is 17.1. The number of hydrogen-bond donors (Lipinski definition) is 2. The molecule has 0 aliphatic carbocycles. The standard InChI is InChI=1S/C17H15F2N7O/c1-26-15-13(7-21-16(25-15)22-10-2-3-27-8-10)23-17(26)24-14-11(18)4-9(6-20)5-12(14)19/h4-5,7,10H,2-3,8H2,1H3,(H,23,24)(H,21,22,25)/t10-/m1/s1. The van der Waals surface area contributed by atoms with E-state index in [0.29, 0.717) is 30.3 Å². The molecule has 27 heavy (non-hydrogen) atoms. The lowest BCUT2D eigenvalue weighted by Crippen LogP contribution is -2.20. The smallest absolute Gasteiger partial charge is 0.225 e. The van der Waals surface area contributed by atoms with Gasteiger partial charge in [0.05, 0.1) is 30.5 Å². The molecule has 2 aromatic heterocycles. The molecule has 0 unspecified atom stereocenters. The fourth-order valence-electron chi connectivity index (χ4n) is 2.86. The van der Waals surface area contributed by atoms with E-state index in [1.807, 2.05) is 0 Å². The average Bonchev–Trinajstić information content (AvgIpc) is 3.26. The van der Waals surface area contributed by atoms with Gasteiger partial charge in [-0.2, -0.15) is 10.2 Å². The lowest BCUT2D eigenvalue weighted by Gasteiger charge is -2.10. The molecule has 1 aliphatic rings. The Morgan fingerprint density at radius 2 is 2.07 bits per heavy atom. The van der Waals surface area contributed by atoms with Crippen molar-refractivity contribution in [2.45, 2.75) is 12.5 Å². The van der Waals surface area contributed by atoms with Crippen molar-refractivity contribution < 1.29 is 13.5 Å². The van der Waals surface area contributed by atoms with Crippen molar-refractivity contribution >= 4 is 28.7 Å². The third-order valence-corrected chi connectivity index (χ3v) is 4.28. The van der Waals surface area contributed by atoms with Crippen molar-refractivity contribution in [3.05, 3.63) is 35.5 Å². The number of nitrogens with zero attached hydrogens (tertiary/aromatic N) is 5. The summed E-state index contributed by atoms with van der Waals surface area (Å²) >= 11 is 0. The van der Waals surface area contributed by atoms with Crippen LogP contribution in [0.15, 0.2) is 18.3 Å². The second-order valence-electron chi connectivity index (χ2n) is 6.15. The molecular formula is C17H15F2N7O. The van der Waals surface area contributed by atoms with Gasteiger partial charge in [-0.25, -0.2) is 18.7 Å². The molecule has 2 N–H and O–H groups in total. The van der Waals surface area contributed by atoms with E-state index in [-0.39, 0.29) is 23.2 Å². The molecule has 1 saturated heterocycles. The van der Waals surface area contributed by atoms with E-state index in [4.69, 9.17) is 10.00 Å². The number of benzene rings is 1. The van der Waals surface area contributed by atoms with E-state index < -0.39 is 11.6 Å². The number of anilines is 3. The molecule has 0 bridgehead atoms. The Morgan fingerprint density at radius 3 is 2.74 bits per heavy atom. The number of fused-ring (bicyclic) bond motifs is 1. The highest BCUT2D eigenvalue weighted by molar-refractivity contribution is 5.76. The maximum atomic E-state index is 14.1. The van der Waals surface area contributed by atoms with Crippen molar-refractivity contribution in [2.24, 2.45) is 7.05 Å². The quantitative estimate of drug-likeness (QED) is 0.726. The zero-order valence-electron chi connectivity index (χ0n) is 14.3. The predicted octanol–water partition coefficient (Wildman–Crippen LogP) is 2.46. The molecule has 10 heteroatoms. The summed E-state index contributed by atoms with van der Waals surface area (Å²) in [5.74, 6) is -1.13. The van der Waals surface area contributed by atoms with Crippen LogP contribution in [0.5, 0.6) is 0 Å². The van der Waals surface area contributed by atoms with Crippen LogP contribution >= 0.6 is 0 Å². The van der Waals surface area contributed by atoms with Gasteiger partial charge in [0.2, 0.25) is 11.9 Å². The van der Waals surface area contributed by atoms with Crippen molar-refractivity contribution in [2.75, 3.05) is 23.8 Å². The van der Waals surface area contributed by atoms with E-state index in [1.165, 1.54) is 6.20 Å². The Balaban J connectivity index is 1.65. The first-order chi connectivity index (χ1) is 13.0. The summed E-state index contributed by atoms with van der Waals surface area (Å²) in [5, 5.41) is 14.6. The van der Waals surface area contributed by atoms with E-state index in [0.717, 1.165) is 18.6 Å². The monoisotopic (exact) mass is 371 g/mol. The number of hydrogen-bond acceptors (Lipinski definition) is 7. The number of aryl methyl sites for hydroxylation is 1. The van der Waals surface area contributed by atoms with E-state index >= 15 is 0 Å². The fourth-order valence-corrected chi connectivity index (χ4v) is 2.86. The van der Waals surface area contributed by atoms with Gasteiger partial charge >= 0.3 is 0 Å². The van der Waals surface area contributed by atoms with Crippen LogP contribution in [0, 0.1) is 23.0 Å². The van der Waals surface area contributed by atoms with Crippen molar-refractivity contribution in [1.29, 1.82) is 5.26 Å². The average molecular weight is 371 g/mol. The second kappa shape index (κ2) is 6.77. The van der Waals surface area contributed by atoms with Gasteiger partial charge in [-0.15, -0.1) is 0 Å². The maximum Gasteiger partial charge on any atom is 0.225 e. The molecule has 3 aromatic rings. The zero-order chi connectivity index (χ0) is 19.0. The van der Waals surface area contributed by atoms with Gasteiger partial charge in [0.15, 0.2) is 17.3 Å². The summed E-state index contributed by atoms with van der Waals surface area (Å²) in [6.07, 6.45) is 2.41. The number of rotatable bonds is 4. The summed E-state index contributed by atoms with van der Waals surface area (Å²) in [7, 11) is 1.67. The lowest BCUT2D eigenvalue weighted by molar-refractivity contribution is 0.195. The first-order valence-corrected chi connectivity index (χ1v) is 8.25. The van der Waals surface area contributed by atoms with Crippen LogP contribution in [0.3, 0.4) is 0 Å². The van der Waals surface area contributed by atoms with E-state index in [9.17, 15) is 8.78 Å². The molecule has 0 spiro atoms. The minimum Gasteiger partial charge on any atom is -0.379 e. The third-order valence-electron chi connectivity index (χ3n) is 4.28. The van der Waals surface area contributed by atoms with Crippen molar-refractivity contribution in [3.63, 3.8) is 0 Å². The van der Waals surface area contributed by atoms with Crippen LogP contribution in [0.2, 0.25) is 0 Å². The number of ether oxygens (including phenoxy) is 1. The van der Waals surface area contributed by atoms with Crippen LogP contribution in [-0.2, 0) is 11.8 Å². The lowest BCUT2D eigenvalue weighted by atomic mass is 10.2. The highest BCUT2D eigenvalue weighted by Crippen LogP contribution is 2.26. The SMILES string of the molecule is Cn1c(Nc2c(F)cc(C#N)cc2F)nc2cnc(N[C@@H]3CCOC3)nc21. The normalized spacial score (nSPS) is 16.4. The summed E-state index contributed by atoms with van der Waals surface area (Å²) < 4.78 is 35.1. The minimum absolute atomic E-state index is 0.0990. The molecule has 138 valence electrons. The molecule has 4 rings (SSSR count). The number of halogens is 2. The molecular weight excluding hydrogens is 356 g/mol. The zero-order valence-corrected chi connectivity index (χ0v) is 14.3. The Labute approximate surface area is 152 Å². The van der Waals surface area contributed by atoms with Gasteiger partial charge in [0.1, 0.15) is 11.2 Å². The Hall–Kier alpha value is -3.32.